The minimum atomic E-state index is 0.152. The zero-order valence-electron chi connectivity index (χ0n) is 17.4. The molecular weight excluding hydrogens is 346 g/mol. The smallest absolute Gasteiger partial charge is 0.219 e. The van der Waals surface area contributed by atoms with Crippen molar-refractivity contribution < 1.29 is 9.53 Å². The lowest BCUT2D eigenvalue weighted by atomic mass is 9.79. The fourth-order valence-corrected chi connectivity index (χ4v) is 4.29. The monoisotopic (exact) mass is 379 g/mol. The van der Waals surface area contributed by atoms with Crippen molar-refractivity contribution in [2.24, 2.45) is 11.8 Å². The molecule has 3 rings (SSSR count). The highest BCUT2D eigenvalue weighted by atomic mass is 16.5. The van der Waals surface area contributed by atoms with Crippen LogP contribution in [0.5, 0.6) is 5.75 Å². The van der Waals surface area contributed by atoms with E-state index in [4.69, 9.17) is 4.74 Å². The standard InChI is InChI=1S/C25H33NO2/c1-19-9-7-13-24(15-19)28-25-14-8-12-23(16-25)20(2)17-26(21(3)27)18-22-10-5-4-6-11-22/h4-7,9-11,13,15,20,23,25H,8,12,14,16-18H2,1-3H3. The number of carbonyl (C=O) groups is 1. The Morgan fingerprint density at radius 2 is 1.93 bits per heavy atom. The van der Waals surface area contributed by atoms with Crippen molar-refractivity contribution >= 4 is 5.91 Å². The number of carbonyl (C=O) groups excluding carboxylic acids is 1. The molecule has 0 N–H and O–H groups in total. The van der Waals surface area contributed by atoms with E-state index in [1.165, 1.54) is 24.0 Å². The molecule has 3 unspecified atom stereocenters. The molecule has 1 amide bonds. The molecule has 0 bridgehead atoms. The predicted molar refractivity (Wildman–Crippen MR) is 114 cm³/mol. The summed E-state index contributed by atoms with van der Waals surface area (Å²) < 4.78 is 6.28. The van der Waals surface area contributed by atoms with Gasteiger partial charge in [-0.3, -0.25) is 4.79 Å². The summed E-state index contributed by atoms with van der Waals surface area (Å²) in [6.07, 6.45) is 4.91. The average Bonchev–Trinajstić information content (AvgIpc) is 2.68. The molecule has 0 aromatic heterocycles. The third-order valence-electron chi connectivity index (χ3n) is 5.93. The van der Waals surface area contributed by atoms with Crippen LogP contribution in [0.4, 0.5) is 0 Å². The van der Waals surface area contributed by atoms with Gasteiger partial charge < -0.3 is 9.64 Å². The minimum Gasteiger partial charge on any atom is -0.490 e. The van der Waals surface area contributed by atoms with Crippen LogP contribution in [0.2, 0.25) is 0 Å². The molecule has 2 aromatic carbocycles. The average molecular weight is 380 g/mol. The van der Waals surface area contributed by atoms with Gasteiger partial charge in [-0.15, -0.1) is 0 Å². The molecule has 28 heavy (non-hydrogen) atoms. The van der Waals surface area contributed by atoms with E-state index in [0.29, 0.717) is 18.4 Å². The van der Waals surface area contributed by atoms with Gasteiger partial charge in [0.2, 0.25) is 5.91 Å². The van der Waals surface area contributed by atoms with E-state index in [1.807, 2.05) is 23.1 Å². The molecule has 0 radical (unpaired) electrons. The molecule has 150 valence electrons. The topological polar surface area (TPSA) is 29.5 Å². The first-order valence-corrected chi connectivity index (χ1v) is 10.5. The van der Waals surface area contributed by atoms with Crippen LogP contribution in [0, 0.1) is 18.8 Å². The third-order valence-corrected chi connectivity index (χ3v) is 5.93. The number of benzene rings is 2. The summed E-state index contributed by atoms with van der Waals surface area (Å²) in [4.78, 5) is 14.2. The Morgan fingerprint density at radius 1 is 1.14 bits per heavy atom. The van der Waals surface area contributed by atoms with Crippen LogP contribution in [0.1, 0.15) is 50.7 Å². The van der Waals surface area contributed by atoms with Crippen molar-refractivity contribution in [3.05, 3.63) is 65.7 Å². The molecule has 3 heteroatoms. The second-order valence-corrected chi connectivity index (χ2v) is 8.35. The van der Waals surface area contributed by atoms with E-state index in [2.05, 4.69) is 50.2 Å². The maximum absolute atomic E-state index is 12.2. The van der Waals surface area contributed by atoms with Crippen LogP contribution in [0.25, 0.3) is 0 Å². The van der Waals surface area contributed by atoms with Gasteiger partial charge >= 0.3 is 0 Å². The summed E-state index contributed by atoms with van der Waals surface area (Å²) in [6, 6.07) is 18.6. The second kappa shape index (κ2) is 9.77. The van der Waals surface area contributed by atoms with Crippen LogP contribution in [-0.4, -0.2) is 23.5 Å². The third kappa shape index (κ3) is 5.85. The molecule has 1 saturated carbocycles. The Morgan fingerprint density at radius 3 is 2.64 bits per heavy atom. The number of nitrogens with zero attached hydrogens (tertiary/aromatic N) is 1. The van der Waals surface area contributed by atoms with Crippen molar-refractivity contribution in [2.75, 3.05) is 6.54 Å². The normalized spacial score (nSPS) is 20.4. The van der Waals surface area contributed by atoms with Crippen LogP contribution in [-0.2, 0) is 11.3 Å². The first kappa shape index (κ1) is 20.4. The molecule has 1 aliphatic rings. The van der Waals surface area contributed by atoms with E-state index in [0.717, 1.165) is 25.1 Å². The minimum absolute atomic E-state index is 0.152. The lowest BCUT2D eigenvalue weighted by Gasteiger charge is -2.35. The first-order valence-electron chi connectivity index (χ1n) is 10.5. The fourth-order valence-electron chi connectivity index (χ4n) is 4.29. The highest BCUT2D eigenvalue weighted by Gasteiger charge is 2.29. The van der Waals surface area contributed by atoms with E-state index < -0.39 is 0 Å². The molecule has 1 aliphatic carbocycles. The van der Waals surface area contributed by atoms with Crippen LogP contribution in [0.15, 0.2) is 54.6 Å². The number of amides is 1. The summed E-state index contributed by atoms with van der Waals surface area (Å²) >= 11 is 0. The molecule has 0 spiro atoms. The predicted octanol–water partition coefficient (Wildman–Crippen LogP) is 5.62. The number of ether oxygens (including phenoxy) is 1. The molecule has 0 heterocycles. The van der Waals surface area contributed by atoms with Crippen molar-refractivity contribution in [1.29, 1.82) is 0 Å². The maximum atomic E-state index is 12.2. The molecule has 0 saturated heterocycles. The summed E-state index contributed by atoms with van der Waals surface area (Å²) in [7, 11) is 0. The SMILES string of the molecule is CC(=O)N(Cc1ccccc1)CC(C)C1CCCC(Oc2cccc(C)c2)C1. The largest absolute Gasteiger partial charge is 0.490 e. The lowest BCUT2D eigenvalue weighted by molar-refractivity contribution is -0.130. The molecular formula is C25H33NO2. The van der Waals surface area contributed by atoms with Gasteiger partial charge in [0.15, 0.2) is 0 Å². The second-order valence-electron chi connectivity index (χ2n) is 8.35. The Balaban J connectivity index is 1.57. The highest BCUT2D eigenvalue weighted by molar-refractivity contribution is 5.73. The number of rotatable bonds is 7. The quantitative estimate of drug-likeness (QED) is 0.625. The number of hydrogen-bond donors (Lipinski definition) is 0. The van der Waals surface area contributed by atoms with Gasteiger partial charge in [0, 0.05) is 20.0 Å². The van der Waals surface area contributed by atoms with Crippen molar-refractivity contribution in [2.45, 2.75) is 59.1 Å². The zero-order chi connectivity index (χ0) is 19.9. The van der Waals surface area contributed by atoms with Crippen molar-refractivity contribution in [1.82, 2.24) is 4.90 Å². The Kier molecular flexibility index (Phi) is 7.13. The maximum Gasteiger partial charge on any atom is 0.219 e. The van der Waals surface area contributed by atoms with Gasteiger partial charge in [-0.05, 0) is 67.7 Å². The summed E-state index contributed by atoms with van der Waals surface area (Å²) in [5, 5.41) is 0. The first-order chi connectivity index (χ1) is 13.5. The Labute approximate surface area is 169 Å². The van der Waals surface area contributed by atoms with Gasteiger partial charge in [0.25, 0.3) is 0 Å². The molecule has 0 aliphatic heterocycles. The molecule has 3 atom stereocenters. The van der Waals surface area contributed by atoms with Crippen molar-refractivity contribution in [3.8, 4) is 5.75 Å². The molecule has 3 nitrogen and oxygen atoms in total. The molecule has 2 aromatic rings. The van der Waals surface area contributed by atoms with E-state index in [-0.39, 0.29) is 12.0 Å². The zero-order valence-corrected chi connectivity index (χ0v) is 17.4. The van der Waals surface area contributed by atoms with Crippen LogP contribution < -0.4 is 4.74 Å². The number of aryl methyl sites for hydroxylation is 1. The Bertz CT molecular complexity index is 758. The van der Waals surface area contributed by atoms with Crippen LogP contribution in [0.3, 0.4) is 0 Å². The summed E-state index contributed by atoms with van der Waals surface area (Å²) in [5.41, 5.74) is 2.42. The fraction of sp³-hybridized carbons (Fsp3) is 0.480. The Hall–Kier alpha value is -2.29. The highest BCUT2D eigenvalue weighted by Crippen LogP contribution is 2.33. The molecule has 1 fully saturated rings. The van der Waals surface area contributed by atoms with Gasteiger partial charge in [-0.2, -0.15) is 0 Å². The van der Waals surface area contributed by atoms with Gasteiger partial charge in [0.1, 0.15) is 5.75 Å². The van der Waals surface area contributed by atoms with Crippen LogP contribution >= 0.6 is 0 Å². The summed E-state index contributed by atoms with van der Waals surface area (Å²) in [5.74, 6) is 2.20. The number of hydrogen-bond acceptors (Lipinski definition) is 2. The van der Waals surface area contributed by atoms with Gasteiger partial charge in [-0.1, -0.05) is 49.4 Å². The van der Waals surface area contributed by atoms with E-state index >= 15 is 0 Å². The lowest BCUT2D eigenvalue weighted by Crippen LogP contribution is -2.37. The van der Waals surface area contributed by atoms with Crippen molar-refractivity contribution in [3.63, 3.8) is 0 Å². The van der Waals surface area contributed by atoms with Gasteiger partial charge in [-0.25, -0.2) is 0 Å². The van der Waals surface area contributed by atoms with E-state index in [1.54, 1.807) is 6.92 Å². The van der Waals surface area contributed by atoms with Gasteiger partial charge in [0.05, 0.1) is 6.10 Å². The van der Waals surface area contributed by atoms with E-state index in [9.17, 15) is 4.79 Å². The summed E-state index contributed by atoms with van der Waals surface area (Å²) in [6.45, 7) is 7.57.